The van der Waals surface area contributed by atoms with Crippen molar-refractivity contribution in [3.63, 3.8) is 0 Å². The van der Waals surface area contributed by atoms with E-state index in [2.05, 4.69) is 0 Å². The van der Waals surface area contributed by atoms with E-state index in [1.807, 2.05) is 0 Å². The van der Waals surface area contributed by atoms with Gasteiger partial charge in [0.1, 0.15) is 0 Å². The predicted octanol–water partition coefficient (Wildman–Crippen LogP) is 3.42. The summed E-state index contributed by atoms with van der Waals surface area (Å²) in [6.07, 6.45) is 13.4. The fourth-order valence-corrected chi connectivity index (χ4v) is 3.17. The third-order valence-electron chi connectivity index (χ3n) is 4.23. The average molecular weight is 226 g/mol. The van der Waals surface area contributed by atoms with Crippen molar-refractivity contribution in [2.24, 2.45) is 0 Å². The van der Waals surface area contributed by atoms with Crippen molar-refractivity contribution in [3.05, 3.63) is 0 Å². The van der Waals surface area contributed by atoms with Crippen LogP contribution in [0.3, 0.4) is 0 Å². The molecule has 94 valence electrons. The van der Waals surface area contributed by atoms with Crippen LogP contribution in [-0.4, -0.2) is 23.4 Å². The fourth-order valence-electron chi connectivity index (χ4n) is 3.17. The van der Waals surface area contributed by atoms with Gasteiger partial charge in [-0.05, 0) is 44.9 Å². The average Bonchev–Trinajstić information content (AvgIpc) is 2.68. The Bertz CT molecular complexity index is 189. The topological polar surface area (TPSA) is 29.5 Å². The van der Waals surface area contributed by atoms with Crippen LogP contribution in [0.2, 0.25) is 0 Å². The van der Waals surface area contributed by atoms with Gasteiger partial charge in [0, 0.05) is 6.61 Å². The Kier molecular flexibility index (Phi) is 4.66. The Morgan fingerprint density at radius 1 is 1.06 bits per heavy atom. The minimum absolute atomic E-state index is 0.338. The van der Waals surface area contributed by atoms with E-state index in [9.17, 15) is 5.11 Å². The van der Waals surface area contributed by atoms with Gasteiger partial charge in [-0.15, -0.1) is 0 Å². The van der Waals surface area contributed by atoms with Crippen LogP contribution in [0.5, 0.6) is 0 Å². The normalized spacial score (nSPS) is 30.2. The third-order valence-corrected chi connectivity index (χ3v) is 4.23. The first-order valence-corrected chi connectivity index (χ1v) is 7.13. The molecule has 1 heterocycles. The summed E-state index contributed by atoms with van der Waals surface area (Å²) in [6, 6.07) is 0. The standard InChI is InChI=1S/C14H26O2/c15-14(9-3-1-2-4-10-14)11-5-7-13-8-6-12-16-13/h13,15H,1-12H2. The molecular formula is C14H26O2. The highest BCUT2D eigenvalue weighted by molar-refractivity contribution is 4.81. The Morgan fingerprint density at radius 3 is 2.44 bits per heavy atom. The molecule has 1 saturated heterocycles. The van der Waals surface area contributed by atoms with E-state index in [-0.39, 0.29) is 5.60 Å². The largest absolute Gasteiger partial charge is 0.390 e. The van der Waals surface area contributed by atoms with Crippen LogP contribution in [-0.2, 0) is 4.74 Å². The molecule has 1 aliphatic heterocycles. The van der Waals surface area contributed by atoms with Gasteiger partial charge in [-0.3, -0.25) is 0 Å². The molecule has 2 heteroatoms. The molecule has 0 amide bonds. The summed E-state index contributed by atoms with van der Waals surface area (Å²) in [4.78, 5) is 0. The molecule has 2 aliphatic rings. The minimum atomic E-state index is -0.338. The molecule has 1 unspecified atom stereocenters. The lowest BCUT2D eigenvalue weighted by atomic mass is 9.88. The summed E-state index contributed by atoms with van der Waals surface area (Å²) < 4.78 is 5.62. The van der Waals surface area contributed by atoms with Gasteiger partial charge in [0.2, 0.25) is 0 Å². The monoisotopic (exact) mass is 226 g/mol. The number of hydrogen-bond donors (Lipinski definition) is 1. The number of aliphatic hydroxyl groups is 1. The second kappa shape index (κ2) is 6.02. The van der Waals surface area contributed by atoms with E-state index < -0.39 is 0 Å². The Labute approximate surface area is 99.4 Å². The summed E-state index contributed by atoms with van der Waals surface area (Å²) in [5.41, 5.74) is -0.338. The van der Waals surface area contributed by atoms with E-state index in [0.29, 0.717) is 6.10 Å². The van der Waals surface area contributed by atoms with Crippen LogP contribution >= 0.6 is 0 Å². The van der Waals surface area contributed by atoms with Crippen LogP contribution in [0.4, 0.5) is 0 Å². The van der Waals surface area contributed by atoms with Crippen molar-refractivity contribution in [2.45, 2.75) is 82.3 Å². The first-order valence-electron chi connectivity index (χ1n) is 7.13. The quantitative estimate of drug-likeness (QED) is 0.744. The van der Waals surface area contributed by atoms with Crippen LogP contribution in [0.15, 0.2) is 0 Å². The highest BCUT2D eigenvalue weighted by Crippen LogP contribution is 2.32. The first kappa shape index (κ1) is 12.4. The van der Waals surface area contributed by atoms with Gasteiger partial charge in [-0.1, -0.05) is 25.7 Å². The van der Waals surface area contributed by atoms with Gasteiger partial charge in [0.15, 0.2) is 0 Å². The zero-order valence-corrected chi connectivity index (χ0v) is 10.4. The van der Waals surface area contributed by atoms with E-state index in [1.54, 1.807) is 0 Å². The molecule has 2 rings (SSSR count). The molecule has 2 nitrogen and oxygen atoms in total. The number of ether oxygens (including phenoxy) is 1. The molecule has 0 radical (unpaired) electrons. The summed E-state index contributed by atoms with van der Waals surface area (Å²) in [5, 5.41) is 10.5. The number of rotatable bonds is 4. The molecule has 16 heavy (non-hydrogen) atoms. The van der Waals surface area contributed by atoms with Gasteiger partial charge in [-0.25, -0.2) is 0 Å². The molecule has 0 bridgehead atoms. The molecule has 1 atom stereocenters. The zero-order chi connectivity index (χ0) is 11.3. The summed E-state index contributed by atoms with van der Waals surface area (Å²) in [5.74, 6) is 0. The van der Waals surface area contributed by atoms with Crippen LogP contribution < -0.4 is 0 Å². The van der Waals surface area contributed by atoms with Crippen molar-refractivity contribution >= 4 is 0 Å². The lowest BCUT2D eigenvalue weighted by Crippen LogP contribution is -2.27. The van der Waals surface area contributed by atoms with E-state index in [4.69, 9.17) is 4.74 Å². The zero-order valence-electron chi connectivity index (χ0n) is 10.4. The minimum Gasteiger partial charge on any atom is -0.390 e. The fraction of sp³-hybridized carbons (Fsp3) is 1.00. The third kappa shape index (κ3) is 3.74. The lowest BCUT2D eigenvalue weighted by molar-refractivity contribution is 0.00952. The van der Waals surface area contributed by atoms with Crippen LogP contribution in [0.1, 0.15) is 70.6 Å². The number of hydrogen-bond acceptors (Lipinski definition) is 2. The lowest BCUT2D eigenvalue weighted by Gasteiger charge is -2.27. The molecule has 1 aliphatic carbocycles. The Morgan fingerprint density at radius 2 is 1.81 bits per heavy atom. The van der Waals surface area contributed by atoms with Crippen molar-refractivity contribution in [1.29, 1.82) is 0 Å². The van der Waals surface area contributed by atoms with E-state index in [0.717, 1.165) is 38.7 Å². The summed E-state index contributed by atoms with van der Waals surface area (Å²) in [6.45, 7) is 0.953. The van der Waals surface area contributed by atoms with Crippen LogP contribution in [0.25, 0.3) is 0 Å². The Hall–Kier alpha value is -0.0800. The van der Waals surface area contributed by atoms with Crippen LogP contribution in [0, 0.1) is 0 Å². The Balaban J connectivity index is 1.66. The van der Waals surface area contributed by atoms with E-state index >= 15 is 0 Å². The SMILES string of the molecule is OC1(CCCC2CCCO2)CCCCCC1. The van der Waals surface area contributed by atoms with Gasteiger partial charge in [0.05, 0.1) is 11.7 Å². The molecule has 1 saturated carbocycles. The molecule has 0 aromatic rings. The van der Waals surface area contributed by atoms with Crippen molar-refractivity contribution in [1.82, 2.24) is 0 Å². The molecule has 2 fully saturated rings. The summed E-state index contributed by atoms with van der Waals surface area (Å²) >= 11 is 0. The maximum Gasteiger partial charge on any atom is 0.0647 e. The second-order valence-electron chi connectivity index (χ2n) is 5.67. The van der Waals surface area contributed by atoms with Crippen molar-refractivity contribution < 1.29 is 9.84 Å². The van der Waals surface area contributed by atoms with Gasteiger partial charge < -0.3 is 9.84 Å². The predicted molar refractivity (Wildman–Crippen MR) is 65.5 cm³/mol. The molecule has 0 aromatic heterocycles. The van der Waals surface area contributed by atoms with Gasteiger partial charge in [0.25, 0.3) is 0 Å². The van der Waals surface area contributed by atoms with Gasteiger partial charge >= 0.3 is 0 Å². The molecule has 0 aromatic carbocycles. The molecular weight excluding hydrogens is 200 g/mol. The van der Waals surface area contributed by atoms with Gasteiger partial charge in [-0.2, -0.15) is 0 Å². The maximum atomic E-state index is 10.5. The molecule has 0 spiro atoms. The smallest absolute Gasteiger partial charge is 0.0647 e. The maximum absolute atomic E-state index is 10.5. The summed E-state index contributed by atoms with van der Waals surface area (Å²) in [7, 11) is 0. The van der Waals surface area contributed by atoms with E-state index in [1.165, 1.54) is 38.5 Å². The second-order valence-corrected chi connectivity index (χ2v) is 5.67. The molecule has 1 N–H and O–H groups in total. The highest BCUT2D eigenvalue weighted by atomic mass is 16.5. The van der Waals surface area contributed by atoms with Crippen molar-refractivity contribution in [3.8, 4) is 0 Å². The first-order chi connectivity index (χ1) is 7.79. The highest BCUT2D eigenvalue weighted by Gasteiger charge is 2.27. The van der Waals surface area contributed by atoms with Crippen molar-refractivity contribution in [2.75, 3.05) is 6.61 Å².